The van der Waals surface area contributed by atoms with Gasteiger partial charge in [-0.05, 0) is 41.3 Å². The maximum atomic E-state index is 12.3. The second-order valence-corrected chi connectivity index (χ2v) is 6.71. The van der Waals surface area contributed by atoms with E-state index in [0.29, 0.717) is 0 Å². The minimum absolute atomic E-state index is 0.0460. The molecule has 3 aromatic rings. The number of fused-ring (bicyclic) bond motifs is 3. The number of para-hydroxylation sites is 1. The van der Waals surface area contributed by atoms with Gasteiger partial charge in [-0.2, -0.15) is 0 Å². The van der Waals surface area contributed by atoms with Gasteiger partial charge in [0.05, 0.1) is 11.3 Å². The first-order chi connectivity index (χ1) is 13.6. The van der Waals surface area contributed by atoms with Gasteiger partial charge in [0.1, 0.15) is 12.4 Å². The van der Waals surface area contributed by atoms with Crippen molar-refractivity contribution in [2.75, 3.05) is 11.9 Å². The van der Waals surface area contributed by atoms with Crippen LogP contribution in [0.15, 0.2) is 66.7 Å². The molecule has 5 nitrogen and oxygen atoms in total. The van der Waals surface area contributed by atoms with Crippen molar-refractivity contribution in [2.24, 2.45) is 0 Å². The number of phenolic OH excluding ortho intramolecular Hbond substituents is 1. The predicted molar refractivity (Wildman–Crippen MR) is 107 cm³/mol. The van der Waals surface area contributed by atoms with Crippen LogP contribution < -0.4 is 5.32 Å². The summed E-state index contributed by atoms with van der Waals surface area (Å²) in [5.74, 6) is -0.590. The highest BCUT2D eigenvalue weighted by molar-refractivity contribution is 6.00. The number of nitrogens with one attached hydrogen (secondary N) is 1. The Bertz CT molecular complexity index is 1030. The molecule has 0 atom stereocenters. The Hall–Kier alpha value is -3.60. The zero-order valence-corrected chi connectivity index (χ0v) is 15.3. The minimum Gasteiger partial charge on any atom is -0.505 e. The van der Waals surface area contributed by atoms with Crippen LogP contribution in [-0.2, 0) is 4.74 Å². The van der Waals surface area contributed by atoms with Crippen molar-refractivity contribution in [2.45, 2.75) is 12.8 Å². The number of hydrogen-bond acceptors (Lipinski definition) is 4. The largest absolute Gasteiger partial charge is 0.505 e. The number of ether oxygens (including phenoxy) is 1. The zero-order valence-electron chi connectivity index (χ0n) is 15.3. The van der Waals surface area contributed by atoms with Gasteiger partial charge in [-0.3, -0.25) is 10.1 Å². The van der Waals surface area contributed by atoms with E-state index in [1.807, 2.05) is 36.4 Å². The molecular weight excluding hydrogens is 354 g/mol. The lowest BCUT2D eigenvalue weighted by molar-refractivity contribution is 0.101. The first kappa shape index (κ1) is 17.8. The third-order valence-electron chi connectivity index (χ3n) is 5.00. The monoisotopic (exact) mass is 373 g/mol. The lowest BCUT2D eigenvalue weighted by atomic mass is 9.98. The van der Waals surface area contributed by atoms with Crippen molar-refractivity contribution in [3.8, 4) is 16.9 Å². The molecular formula is C23H19NO4. The predicted octanol–water partition coefficient (Wildman–Crippen LogP) is 4.96. The molecule has 1 amide bonds. The number of hydrogen-bond donors (Lipinski definition) is 2. The Labute approximate surface area is 162 Å². The van der Waals surface area contributed by atoms with Crippen LogP contribution in [-0.4, -0.2) is 23.6 Å². The van der Waals surface area contributed by atoms with Crippen LogP contribution in [0.25, 0.3) is 11.1 Å². The average Bonchev–Trinajstić information content (AvgIpc) is 3.02. The van der Waals surface area contributed by atoms with E-state index in [9.17, 15) is 14.7 Å². The van der Waals surface area contributed by atoms with Crippen LogP contribution in [0, 0.1) is 0 Å². The second-order valence-electron chi connectivity index (χ2n) is 6.71. The van der Waals surface area contributed by atoms with Gasteiger partial charge in [-0.1, -0.05) is 54.6 Å². The Morgan fingerprint density at radius 2 is 1.54 bits per heavy atom. The lowest BCUT2D eigenvalue weighted by Gasteiger charge is -2.15. The summed E-state index contributed by atoms with van der Waals surface area (Å²) < 4.78 is 5.45. The summed E-state index contributed by atoms with van der Waals surface area (Å²) in [5.41, 5.74) is 4.84. The molecule has 0 unspecified atom stereocenters. The molecule has 0 bridgehead atoms. The smallest absolute Gasteiger partial charge is 0.411 e. The van der Waals surface area contributed by atoms with E-state index in [1.165, 1.54) is 19.1 Å². The number of aromatic hydroxyl groups is 1. The fourth-order valence-electron chi connectivity index (χ4n) is 3.67. The molecule has 0 spiro atoms. The highest BCUT2D eigenvalue weighted by Gasteiger charge is 2.29. The van der Waals surface area contributed by atoms with Gasteiger partial charge in [-0.25, -0.2) is 4.79 Å². The molecule has 0 saturated heterocycles. The van der Waals surface area contributed by atoms with Gasteiger partial charge in [-0.15, -0.1) is 0 Å². The van der Waals surface area contributed by atoms with Crippen molar-refractivity contribution in [3.05, 3.63) is 83.4 Å². The quantitative estimate of drug-likeness (QED) is 0.501. The minimum atomic E-state index is -0.683. The van der Waals surface area contributed by atoms with Gasteiger partial charge in [0.2, 0.25) is 0 Å². The number of amides is 1. The maximum absolute atomic E-state index is 12.3. The normalized spacial score (nSPS) is 12.2. The summed E-state index contributed by atoms with van der Waals surface area (Å²) in [7, 11) is 0. The summed E-state index contributed by atoms with van der Waals surface area (Å²) in [6, 6.07) is 20.8. The summed E-state index contributed by atoms with van der Waals surface area (Å²) in [5, 5.41) is 12.7. The molecule has 4 rings (SSSR count). The molecule has 3 aromatic carbocycles. The van der Waals surface area contributed by atoms with Crippen LogP contribution in [0.5, 0.6) is 5.75 Å². The fourth-order valence-corrected chi connectivity index (χ4v) is 3.67. The summed E-state index contributed by atoms with van der Waals surface area (Å²) >= 11 is 0. The summed E-state index contributed by atoms with van der Waals surface area (Å²) in [4.78, 5) is 23.8. The van der Waals surface area contributed by atoms with Gasteiger partial charge >= 0.3 is 6.09 Å². The highest BCUT2D eigenvalue weighted by atomic mass is 16.5. The summed E-state index contributed by atoms with van der Waals surface area (Å²) in [6.07, 6.45) is -0.683. The highest BCUT2D eigenvalue weighted by Crippen LogP contribution is 2.44. The number of ketones is 1. The van der Waals surface area contributed by atoms with Crippen LogP contribution in [0.2, 0.25) is 0 Å². The van der Waals surface area contributed by atoms with Crippen molar-refractivity contribution in [1.82, 2.24) is 0 Å². The molecule has 0 radical (unpaired) electrons. The van der Waals surface area contributed by atoms with E-state index >= 15 is 0 Å². The van der Waals surface area contributed by atoms with Crippen molar-refractivity contribution in [1.29, 1.82) is 0 Å². The number of rotatable bonds is 4. The lowest BCUT2D eigenvalue weighted by Crippen LogP contribution is -2.18. The Morgan fingerprint density at radius 1 is 0.929 bits per heavy atom. The molecule has 5 heteroatoms. The average molecular weight is 373 g/mol. The van der Waals surface area contributed by atoms with E-state index in [2.05, 4.69) is 17.4 Å². The zero-order chi connectivity index (χ0) is 19.7. The number of benzene rings is 3. The van der Waals surface area contributed by atoms with E-state index in [-0.39, 0.29) is 35.3 Å². The van der Waals surface area contributed by atoms with Crippen LogP contribution in [0.1, 0.15) is 34.3 Å². The van der Waals surface area contributed by atoms with Crippen molar-refractivity contribution in [3.63, 3.8) is 0 Å². The number of carbonyl (C=O) groups is 2. The SMILES string of the molecule is CC(=O)c1cccc(NC(=O)OCC2c3ccccc3-c3ccccc32)c1O. The molecule has 0 aromatic heterocycles. The third kappa shape index (κ3) is 3.11. The number of carbonyl (C=O) groups excluding carboxylic acids is 2. The number of anilines is 1. The molecule has 0 saturated carbocycles. The maximum Gasteiger partial charge on any atom is 0.411 e. The molecule has 28 heavy (non-hydrogen) atoms. The van der Waals surface area contributed by atoms with Crippen molar-refractivity contribution < 1.29 is 19.4 Å². The van der Waals surface area contributed by atoms with E-state index in [0.717, 1.165) is 22.3 Å². The van der Waals surface area contributed by atoms with Gasteiger partial charge in [0.25, 0.3) is 0 Å². The van der Waals surface area contributed by atoms with E-state index in [4.69, 9.17) is 4.74 Å². The molecule has 2 N–H and O–H groups in total. The molecule has 0 heterocycles. The third-order valence-corrected chi connectivity index (χ3v) is 5.00. The summed E-state index contributed by atoms with van der Waals surface area (Å²) in [6.45, 7) is 1.53. The van der Waals surface area contributed by atoms with Crippen molar-refractivity contribution >= 4 is 17.6 Å². The fraction of sp³-hybridized carbons (Fsp3) is 0.130. The first-order valence-corrected chi connectivity index (χ1v) is 9.01. The molecule has 140 valence electrons. The molecule has 1 aliphatic carbocycles. The Morgan fingerprint density at radius 3 is 2.14 bits per heavy atom. The number of Topliss-reactive ketones (excluding diaryl/α,β-unsaturated/α-hetero) is 1. The molecule has 0 aliphatic heterocycles. The van der Waals surface area contributed by atoms with E-state index < -0.39 is 6.09 Å². The van der Waals surface area contributed by atoms with E-state index in [1.54, 1.807) is 6.07 Å². The van der Waals surface area contributed by atoms with Crippen LogP contribution >= 0.6 is 0 Å². The Balaban J connectivity index is 1.50. The second kappa shape index (κ2) is 7.19. The molecule has 1 aliphatic rings. The standard InChI is InChI=1S/C23H19NO4/c1-14(25)15-11-6-12-21(22(15)26)24-23(27)28-13-20-18-9-4-2-7-16(18)17-8-3-5-10-19(17)20/h2-12,20,26H,13H2,1H3,(H,24,27). The van der Waals surface area contributed by atoms with Gasteiger partial charge in [0, 0.05) is 5.92 Å². The molecule has 0 fully saturated rings. The first-order valence-electron chi connectivity index (χ1n) is 9.01. The van der Waals surface area contributed by atoms with Gasteiger partial charge in [0.15, 0.2) is 5.78 Å². The number of phenols is 1. The topological polar surface area (TPSA) is 75.6 Å². The van der Waals surface area contributed by atoms with Crippen LogP contribution in [0.4, 0.5) is 10.5 Å². The van der Waals surface area contributed by atoms with Gasteiger partial charge < -0.3 is 9.84 Å². The Kier molecular flexibility index (Phi) is 4.57. The van der Waals surface area contributed by atoms with Crippen LogP contribution in [0.3, 0.4) is 0 Å².